The van der Waals surface area contributed by atoms with Gasteiger partial charge in [-0.25, -0.2) is 0 Å². The van der Waals surface area contributed by atoms with Crippen LogP contribution in [0.25, 0.3) is 0 Å². The van der Waals surface area contributed by atoms with Gasteiger partial charge in [-0.05, 0) is 44.4 Å². The van der Waals surface area contributed by atoms with E-state index in [-0.39, 0.29) is 0 Å². The highest BCUT2D eigenvalue weighted by molar-refractivity contribution is 5.44. The molecule has 0 radical (unpaired) electrons. The van der Waals surface area contributed by atoms with E-state index in [1.807, 2.05) is 13.1 Å². The number of fused-ring (bicyclic) bond motifs is 1. The van der Waals surface area contributed by atoms with E-state index >= 15 is 0 Å². The lowest BCUT2D eigenvalue weighted by atomic mass is 9.88. The Hall–Kier alpha value is -1.09. The number of hydrogen-bond donors (Lipinski definition) is 1. The molecular formula is C13H19N3. The molecule has 0 spiro atoms. The Bertz CT molecular complexity index is 346. The van der Waals surface area contributed by atoms with Gasteiger partial charge in [0.25, 0.3) is 0 Å². The summed E-state index contributed by atoms with van der Waals surface area (Å²) in [6.07, 6.45) is 4.61. The van der Waals surface area contributed by atoms with E-state index in [4.69, 9.17) is 0 Å². The summed E-state index contributed by atoms with van der Waals surface area (Å²) in [5.41, 5.74) is 2.38. The molecule has 0 amide bonds. The standard InChI is InChI=1S/C13H19N3/c1-10-2-3-12(9-14-10)16-6-4-11-8-15-13(11)5-7-16/h2-3,9,11,13,15H,4-8H2,1H3/t11-,13-/m1/s1. The number of anilines is 1. The molecular weight excluding hydrogens is 198 g/mol. The average molecular weight is 217 g/mol. The molecule has 2 fully saturated rings. The molecule has 0 unspecified atom stereocenters. The summed E-state index contributed by atoms with van der Waals surface area (Å²) < 4.78 is 0. The molecule has 1 aromatic rings. The van der Waals surface area contributed by atoms with Gasteiger partial charge in [0.2, 0.25) is 0 Å². The number of aryl methyl sites for hydroxylation is 1. The van der Waals surface area contributed by atoms with Gasteiger partial charge in [0.15, 0.2) is 0 Å². The molecule has 0 aliphatic carbocycles. The minimum Gasteiger partial charge on any atom is -0.370 e. The molecule has 0 saturated carbocycles. The fourth-order valence-electron chi connectivity index (χ4n) is 2.73. The van der Waals surface area contributed by atoms with Crippen molar-refractivity contribution in [1.82, 2.24) is 10.3 Å². The van der Waals surface area contributed by atoms with Crippen molar-refractivity contribution >= 4 is 5.69 Å². The second kappa shape index (κ2) is 4.06. The van der Waals surface area contributed by atoms with E-state index < -0.39 is 0 Å². The molecule has 2 atom stereocenters. The third-order valence-electron chi connectivity index (χ3n) is 3.95. The van der Waals surface area contributed by atoms with Crippen LogP contribution in [0.15, 0.2) is 18.3 Å². The van der Waals surface area contributed by atoms with Crippen LogP contribution in [0.1, 0.15) is 18.5 Å². The number of aromatic nitrogens is 1. The van der Waals surface area contributed by atoms with Gasteiger partial charge < -0.3 is 10.2 Å². The van der Waals surface area contributed by atoms with E-state index in [9.17, 15) is 0 Å². The van der Waals surface area contributed by atoms with Crippen LogP contribution in [-0.2, 0) is 0 Å². The van der Waals surface area contributed by atoms with Crippen molar-refractivity contribution in [3.63, 3.8) is 0 Å². The van der Waals surface area contributed by atoms with Crippen LogP contribution in [-0.4, -0.2) is 30.7 Å². The summed E-state index contributed by atoms with van der Waals surface area (Å²) in [7, 11) is 0. The fraction of sp³-hybridized carbons (Fsp3) is 0.615. The van der Waals surface area contributed by atoms with Crippen LogP contribution >= 0.6 is 0 Å². The highest BCUT2D eigenvalue weighted by Gasteiger charge is 2.32. The zero-order chi connectivity index (χ0) is 11.0. The summed E-state index contributed by atoms with van der Waals surface area (Å²) >= 11 is 0. The van der Waals surface area contributed by atoms with Crippen LogP contribution < -0.4 is 10.2 Å². The minimum absolute atomic E-state index is 0.781. The van der Waals surface area contributed by atoms with Gasteiger partial charge in [0, 0.05) is 24.8 Å². The first kappa shape index (κ1) is 10.1. The Kier molecular flexibility index (Phi) is 2.56. The van der Waals surface area contributed by atoms with E-state index in [2.05, 4.69) is 27.3 Å². The Morgan fingerprint density at radius 1 is 1.31 bits per heavy atom. The Balaban J connectivity index is 1.72. The van der Waals surface area contributed by atoms with Crippen molar-refractivity contribution in [2.75, 3.05) is 24.5 Å². The smallest absolute Gasteiger partial charge is 0.0552 e. The van der Waals surface area contributed by atoms with Gasteiger partial charge in [-0.15, -0.1) is 0 Å². The van der Waals surface area contributed by atoms with Crippen molar-refractivity contribution in [1.29, 1.82) is 0 Å². The van der Waals surface area contributed by atoms with Crippen LogP contribution in [0.2, 0.25) is 0 Å². The van der Waals surface area contributed by atoms with E-state index in [1.165, 1.54) is 38.2 Å². The average Bonchev–Trinajstić information content (AvgIpc) is 2.39. The van der Waals surface area contributed by atoms with Crippen LogP contribution in [0.4, 0.5) is 5.69 Å². The van der Waals surface area contributed by atoms with Crippen molar-refractivity contribution in [2.24, 2.45) is 5.92 Å². The molecule has 3 heteroatoms. The van der Waals surface area contributed by atoms with Gasteiger partial charge in [0.1, 0.15) is 0 Å². The molecule has 0 aromatic carbocycles. The number of rotatable bonds is 1. The molecule has 1 aromatic heterocycles. The lowest BCUT2D eigenvalue weighted by Gasteiger charge is -2.36. The minimum atomic E-state index is 0.781. The second-order valence-corrected chi connectivity index (χ2v) is 5.00. The van der Waals surface area contributed by atoms with Crippen LogP contribution in [0.3, 0.4) is 0 Å². The van der Waals surface area contributed by atoms with E-state index in [0.29, 0.717) is 0 Å². The summed E-state index contributed by atoms with van der Waals surface area (Å²) in [6, 6.07) is 5.08. The molecule has 3 nitrogen and oxygen atoms in total. The Labute approximate surface area is 96.9 Å². The summed E-state index contributed by atoms with van der Waals surface area (Å²) in [6.45, 7) is 5.62. The second-order valence-electron chi connectivity index (χ2n) is 5.00. The van der Waals surface area contributed by atoms with Crippen molar-refractivity contribution in [3.8, 4) is 0 Å². The number of nitrogens with zero attached hydrogens (tertiary/aromatic N) is 2. The highest BCUT2D eigenvalue weighted by Crippen LogP contribution is 2.26. The normalized spacial score (nSPS) is 29.2. The molecule has 2 saturated heterocycles. The zero-order valence-electron chi connectivity index (χ0n) is 9.82. The van der Waals surface area contributed by atoms with Crippen molar-refractivity contribution < 1.29 is 0 Å². The van der Waals surface area contributed by atoms with Crippen LogP contribution in [0, 0.1) is 12.8 Å². The monoisotopic (exact) mass is 217 g/mol. The molecule has 16 heavy (non-hydrogen) atoms. The van der Waals surface area contributed by atoms with Gasteiger partial charge in [-0.1, -0.05) is 0 Å². The van der Waals surface area contributed by atoms with Crippen molar-refractivity contribution in [2.45, 2.75) is 25.8 Å². The third-order valence-corrected chi connectivity index (χ3v) is 3.95. The third kappa shape index (κ3) is 1.80. The van der Waals surface area contributed by atoms with E-state index in [1.54, 1.807) is 0 Å². The van der Waals surface area contributed by atoms with Gasteiger partial charge in [-0.3, -0.25) is 4.98 Å². The van der Waals surface area contributed by atoms with E-state index in [0.717, 1.165) is 17.7 Å². The van der Waals surface area contributed by atoms with Crippen molar-refractivity contribution in [3.05, 3.63) is 24.0 Å². The van der Waals surface area contributed by atoms with Gasteiger partial charge in [0.05, 0.1) is 11.9 Å². The highest BCUT2D eigenvalue weighted by atomic mass is 15.2. The first-order valence-corrected chi connectivity index (χ1v) is 6.24. The first-order valence-electron chi connectivity index (χ1n) is 6.24. The SMILES string of the molecule is Cc1ccc(N2CC[C@@H]3CN[C@@H]3CC2)cn1. The largest absolute Gasteiger partial charge is 0.370 e. The molecule has 2 aliphatic heterocycles. The zero-order valence-corrected chi connectivity index (χ0v) is 9.82. The number of nitrogens with one attached hydrogen (secondary N) is 1. The predicted octanol–water partition coefficient (Wildman–Crippen LogP) is 1.58. The lowest BCUT2D eigenvalue weighted by Crippen LogP contribution is -2.52. The summed E-state index contributed by atoms with van der Waals surface area (Å²) in [5, 5.41) is 3.53. The maximum Gasteiger partial charge on any atom is 0.0552 e. The Morgan fingerprint density at radius 2 is 2.19 bits per heavy atom. The predicted molar refractivity (Wildman–Crippen MR) is 65.7 cm³/mol. The number of pyridine rings is 1. The summed E-state index contributed by atoms with van der Waals surface area (Å²) in [4.78, 5) is 6.86. The molecule has 0 bridgehead atoms. The number of hydrogen-bond acceptors (Lipinski definition) is 3. The quantitative estimate of drug-likeness (QED) is 0.774. The Morgan fingerprint density at radius 3 is 2.88 bits per heavy atom. The fourth-order valence-corrected chi connectivity index (χ4v) is 2.73. The molecule has 3 rings (SSSR count). The first-order chi connectivity index (χ1) is 7.83. The topological polar surface area (TPSA) is 28.2 Å². The maximum absolute atomic E-state index is 4.38. The molecule has 3 heterocycles. The summed E-state index contributed by atoms with van der Waals surface area (Å²) in [5.74, 6) is 0.920. The molecule has 1 N–H and O–H groups in total. The lowest BCUT2D eigenvalue weighted by molar-refractivity contribution is 0.226. The van der Waals surface area contributed by atoms with Crippen LogP contribution in [0.5, 0.6) is 0 Å². The molecule has 2 aliphatic rings. The van der Waals surface area contributed by atoms with Gasteiger partial charge >= 0.3 is 0 Å². The molecule has 86 valence electrons. The van der Waals surface area contributed by atoms with Gasteiger partial charge in [-0.2, -0.15) is 0 Å². The maximum atomic E-state index is 4.38.